The average molecular weight is 203 g/mol. The van der Waals surface area contributed by atoms with Gasteiger partial charge in [-0.3, -0.25) is 0 Å². The third kappa shape index (κ3) is 2.68. The maximum atomic E-state index is 13.2. The second-order valence-electron chi connectivity index (χ2n) is 3.25. The second kappa shape index (κ2) is 4.07. The zero-order valence-electron chi connectivity index (χ0n) is 7.64. The molecule has 0 saturated carbocycles. The van der Waals surface area contributed by atoms with Crippen molar-refractivity contribution in [1.82, 2.24) is 0 Å². The summed E-state index contributed by atoms with van der Waals surface area (Å²) >= 11 is 5.82. The number of hydrogen-bond donors (Lipinski definition) is 1. The van der Waals surface area contributed by atoms with Crippen molar-refractivity contribution < 1.29 is 9.50 Å². The Balaban J connectivity index is 3.01. The van der Waals surface area contributed by atoms with Gasteiger partial charge in [0.15, 0.2) is 0 Å². The summed E-state index contributed by atoms with van der Waals surface area (Å²) in [5.74, 6) is -0.303. The molecule has 3 heteroatoms. The van der Waals surface area contributed by atoms with Crippen LogP contribution in [0.15, 0.2) is 12.1 Å². The van der Waals surface area contributed by atoms with Crippen LogP contribution < -0.4 is 0 Å². The lowest BCUT2D eigenvalue weighted by molar-refractivity contribution is 0.194. The maximum absolute atomic E-state index is 13.2. The topological polar surface area (TPSA) is 20.2 Å². The van der Waals surface area contributed by atoms with Gasteiger partial charge in [0.2, 0.25) is 0 Å². The molecule has 0 heterocycles. The van der Waals surface area contributed by atoms with Gasteiger partial charge in [0.1, 0.15) is 5.82 Å². The van der Waals surface area contributed by atoms with Crippen LogP contribution in [0.4, 0.5) is 4.39 Å². The minimum absolute atomic E-state index is 0.297. The molecule has 0 aliphatic heterocycles. The summed E-state index contributed by atoms with van der Waals surface area (Å²) in [5, 5.41) is 9.62. The molecule has 1 aromatic rings. The van der Waals surface area contributed by atoms with E-state index in [0.717, 1.165) is 0 Å². The molecule has 0 radical (unpaired) electrons. The van der Waals surface area contributed by atoms with Crippen molar-refractivity contribution in [3.63, 3.8) is 0 Å². The van der Waals surface area contributed by atoms with Crippen LogP contribution in [0, 0.1) is 12.7 Å². The van der Waals surface area contributed by atoms with Gasteiger partial charge in [-0.2, -0.15) is 0 Å². The van der Waals surface area contributed by atoms with Gasteiger partial charge >= 0.3 is 0 Å². The number of hydrogen-bond acceptors (Lipinski definition) is 1. The molecular formula is C10H12ClFO. The first kappa shape index (κ1) is 10.5. The molecule has 0 aliphatic rings. The Bertz CT molecular complexity index is 310. The summed E-state index contributed by atoms with van der Waals surface area (Å²) in [7, 11) is 0. The standard InChI is InChI=1S/C10H12ClFO/c1-6-3-10(12)8(4-7(2)13)5-9(6)11/h3,5,7,13H,4H2,1-2H3. The Morgan fingerprint density at radius 3 is 2.69 bits per heavy atom. The molecule has 72 valence electrons. The van der Waals surface area contributed by atoms with Crippen molar-refractivity contribution in [3.8, 4) is 0 Å². The van der Waals surface area contributed by atoms with E-state index in [9.17, 15) is 4.39 Å². The van der Waals surface area contributed by atoms with Crippen molar-refractivity contribution in [2.75, 3.05) is 0 Å². The van der Waals surface area contributed by atoms with Crippen LogP contribution in [-0.4, -0.2) is 11.2 Å². The Hall–Kier alpha value is -0.600. The zero-order valence-corrected chi connectivity index (χ0v) is 8.40. The van der Waals surface area contributed by atoms with E-state index in [1.54, 1.807) is 19.9 Å². The molecule has 0 fully saturated rings. The van der Waals surface area contributed by atoms with Crippen LogP contribution in [0.2, 0.25) is 5.02 Å². The van der Waals surface area contributed by atoms with Gasteiger partial charge in [-0.15, -0.1) is 0 Å². The fraction of sp³-hybridized carbons (Fsp3) is 0.400. The zero-order chi connectivity index (χ0) is 10.0. The Morgan fingerprint density at radius 1 is 1.54 bits per heavy atom. The van der Waals surface area contributed by atoms with Gasteiger partial charge in [0.25, 0.3) is 0 Å². The highest BCUT2D eigenvalue weighted by Crippen LogP contribution is 2.20. The normalized spacial score (nSPS) is 13.0. The van der Waals surface area contributed by atoms with Crippen LogP contribution in [-0.2, 0) is 6.42 Å². The summed E-state index contributed by atoms with van der Waals surface area (Å²) < 4.78 is 13.2. The van der Waals surface area contributed by atoms with Gasteiger partial charge in [-0.25, -0.2) is 4.39 Å². The molecule has 13 heavy (non-hydrogen) atoms. The van der Waals surface area contributed by atoms with E-state index in [1.165, 1.54) is 6.07 Å². The van der Waals surface area contributed by atoms with Crippen LogP contribution >= 0.6 is 11.6 Å². The van der Waals surface area contributed by atoms with Crippen LogP contribution in [0.5, 0.6) is 0 Å². The van der Waals surface area contributed by atoms with E-state index in [-0.39, 0.29) is 5.82 Å². The molecule has 0 bridgehead atoms. The maximum Gasteiger partial charge on any atom is 0.126 e. The van der Waals surface area contributed by atoms with Crippen molar-refractivity contribution in [1.29, 1.82) is 0 Å². The number of aryl methyl sites for hydroxylation is 1. The summed E-state index contributed by atoms with van der Waals surface area (Å²) in [6.45, 7) is 3.37. The first-order valence-electron chi connectivity index (χ1n) is 4.13. The minimum Gasteiger partial charge on any atom is -0.393 e. The molecule has 0 spiro atoms. The monoisotopic (exact) mass is 202 g/mol. The number of aliphatic hydroxyl groups excluding tert-OH is 1. The minimum atomic E-state index is -0.548. The summed E-state index contributed by atoms with van der Waals surface area (Å²) in [5.41, 5.74) is 1.18. The Kier molecular flexibility index (Phi) is 3.28. The largest absolute Gasteiger partial charge is 0.393 e. The molecule has 0 aliphatic carbocycles. The van der Waals surface area contributed by atoms with Gasteiger partial charge in [0.05, 0.1) is 6.10 Å². The number of benzene rings is 1. The summed E-state index contributed by atoms with van der Waals surface area (Å²) in [4.78, 5) is 0. The molecule has 0 saturated heterocycles. The molecule has 1 nitrogen and oxygen atoms in total. The fourth-order valence-corrected chi connectivity index (χ4v) is 1.35. The highest BCUT2D eigenvalue weighted by atomic mass is 35.5. The van der Waals surface area contributed by atoms with Crippen molar-refractivity contribution in [2.24, 2.45) is 0 Å². The van der Waals surface area contributed by atoms with Crippen LogP contribution in [0.25, 0.3) is 0 Å². The lowest BCUT2D eigenvalue weighted by atomic mass is 10.1. The first-order chi connectivity index (χ1) is 6.00. The summed E-state index contributed by atoms with van der Waals surface area (Å²) in [6, 6.07) is 2.96. The van der Waals surface area contributed by atoms with Crippen molar-refractivity contribution in [3.05, 3.63) is 34.1 Å². The van der Waals surface area contributed by atoms with E-state index in [0.29, 0.717) is 22.6 Å². The first-order valence-corrected chi connectivity index (χ1v) is 4.51. The molecular weight excluding hydrogens is 191 g/mol. The molecule has 1 aromatic carbocycles. The highest BCUT2D eigenvalue weighted by Gasteiger charge is 2.08. The third-order valence-electron chi connectivity index (χ3n) is 1.84. The van der Waals surface area contributed by atoms with Gasteiger partial charge in [-0.1, -0.05) is 11.6 Å². The predicted molar refractivity (Wildman–Crippen MR) is 51.5 cm³/mol. The molecule has 1 rings (SSSR count). The highest BCUT2D eigenvalue weighted by molar-refractivity contribution is 6.31. The van der Waals surface area contributed by atoms with Gasteiger partial charge < -0.3 is 5.11 Å². The van der Waals surface area contributed by atoms with Crippen LogP contribution in [0.3, 0.4) is 0 Å². The summed E-state index contributed by atoms with van der Waals surface area (Å²) in [6.07, 6.45) is -0.250. The van der Waals surface area contributed by atoms with E-state index >= 15 is 0 Å². The Morgan fingerprint density at radius 2 is 2.15 bits per heavy atom. The lowest BCUT2D eigenvalue weighted by Gasteiger charge is -2.07. The van der Waals surface area contributed by atoms with Crippen molar-refractivity contribution >= 4 is 11.6 Å². The van der Waals surface area contributed by atoms with Gasteiger partial charge in [-0.05, 0) is 37.1 Å². The van der Waals surface area contributed by atoms with E-state index < -0.39 is 6.10 Å². The Labute approximate surface area is 82.2 Å². The molecule has 0 amide bonds. The van der Waals surface area contributed by atoms with Gasteiger partial charge in [0, 0.05) is 11.4 Å². The van der Waals surface area contributed by atoms with Crippen LogP contribution in [0.1, 0.15) is 18.1 Å². The predicted octanol–water partition coefficient (Wildman–Crippen LogP) is 2.71. The fourth-order valence-electron chi connectivity index (χ4n) is 1.16. The quantitative estimate of drug-likeness (QED) is 0.782. The number of halogens is 2. The van der Waals surface area contributed by atoms with Crippen molar-refractivity contribution in [2.45, 2.75) is 26.4 Å². The SMILES string of the molecule is Cc1cc(F)c(CC(C)O)cc1Cl. The lowest BCUT2D eigenvalue weighted by Crippen LogP contribution is -2.06. The number of aliphatic hydroxyl groups is 1. The molecule has 1 N–H and O–H groups in total. The smallest absolute Gasteiger partial charge is 0.126 e. The van der Waals surface area contributed by atoms with E-state index in [4.69, 9.17) is 16.7 Å². The molecule has 0 aromatic heterocycles. The third-order valence-corrected chi connectivity index (χ3v) is 2.25. The van der Waals surface area contributed by atoms with E-state index in [1.807, 2.05) is 0 Å². The number of rotatable bonds is 2. The average Bonchev–Trinajstić information content (AvgIpc) is 1.99. The molecule has 1 atom stereocenters. The van der Waals surface area contributed by atoms with E-state index in [2.05, 4.69) is 0 Å². The second-order valence-corrected chi connectivity index (χ2v) is 3.65. The molecule has 1 unspecified atom stereocenters.